The zero-order valence-corrected chi connectivity index (χ0v) is 22.2. The van der Waals surface area contributed by atoms with Crippen LogP contribution in [-0.4, -0.2) is 71.7 Å². The summed E-state index contributed by atoms with van der Waals surface area (Å²) in [7, 11) is 0. The number of hydrogen-bond acceptors (Lipinski definition) is 4. The SMILES string of the molecule is C[C@]1(c2ccc(F)cc2)CN(C(=O)C2CCNC2)C[C@H]1c1ccc(C(O)(C(F)(F)F)C(F)(F)F)cc1.O=C(O)C(F)(F)F. The van der Waals surface area contributed by atoms with Crippen molar-refractivity contribution in [3.63, 3.8) is 0 Å². The molecule has 1 unspecified atom stereocenters. The number of nitrogens with zero attached hydrogens (tertiary/aromatic N) is 1. The predicted octanol–water partition coefficient (Wildman–Crippen LogP) is 5.26. The van der Waals surface area contributed by atoms with Gasteiger partial charge < -0.3 is 20.4 Å². The molecule has 1 amide bonds. The smallest absolute Gasteiger partial charge is 0.475 e. The average molecular weight is 632 g/mol. The van der Waals surface area contributed by atoms with Crippen molar-refractivity contribution in [3.8, 4) is 0 Å². The molecule has 2 aromatic carbocycles. The lowest BCUT2D eigenvalue weighted by Crippen LogP contribution is -2.53. The number of carboxylic acids is 1. The van der Waals surface area contributed by atoms with E-state index in [4.69, 9.17) is 9.90 Å². The van der Waals surface area contributed by atoms with Crippen LogP contribution in [0.5, 0.6) is 0 Å². The van der Waals surface area contributed by atoms with E-state index in [1.54, 1.807) is 17.0 Å². The van der Waals surface area contributed by atoms with Crippen LogP contribution in [0.3, 0.4) is 0 Å². The number of likely N-dealkylation sites (tertiary alicyclic amines) is 1. The predicted molar refractivity (Wildman–Crippen MR) is 130 cm³/mol. The summed E-state index contributed by atoms with van der Waals surface area (Å²) in [6, 6.07) is 9.13. The van der Waals surface area contributed by atoms with E-state index < -0.39 is 52.8 Å². The Bertz CT molecular complexity index is 1270. The molecule has 3 N–H and O–H groups in total. The van der Waals surface area contributed by atoms with Crippen LogP contribution < -0.4 is 5.32 Å². The van der Waals surface area contributed by atoms with Gasteiger partial charge in [0.05, 0.1) is 5.92 Å². The minimum absolute atomic E-state index is 0.0871. The molecule has 0 bridgehead atoms. The van der Waals surface area contributed by atoms with E-state index in [2.05, 4.69) is 5.32 Å². The first kappa shape index (κ1) is 34.1. The molecular formula is C27H26F10N2O4. The number of aliphatic carboxylic acids is 1. The second-order valence-electron chi connectivity index (χ2n) is 10.5. The number of carbonyl (C=O) groups excluding carboxylic acids is 1. The van der Waals surface area contributed by atoms with Crippen molar-refractivity contribution in [2.24, 2.45) is 5.92 Å². The second kappa shape index (κ2) is 11.9. The van der Waals surface area contributed by atoms with Crippen molar-refractivity contribution in [1.82, 2.24) is 10.2 Å². The van der Waals surface area contributed by atoms with Gasteiger partial charge in [-0.1, -0.05) is 43.3 Å². The van der Waals surface area contributed by atoms with E-state index in [1.807, 2.05) is 6.92 Å². The molecular weight excluding hydrogens is 606 g/mol. The van der Waals surface area contributed by atoms with Crippen molar-refractivity contribution in [3.05, 3.63) is 71.0 Å². The number of carboxylic acid groups (broad SMARTS) is 1. The quantitative estimate of drug-likeness (QED) is 0.401. The van der Waals surface area contributed by atoms with Crippen LogP contribution in [0.25, 0.3) is 0 Å². The number of amides is 1. The van der Waals surface area contributed by atoms with Crippen molar-refractivity contribution in [2.45, 2.75) is 48.8 Å². The molecule has 0 aromatic heterocycles. The zero-order valence-electron chi connectivity index (χ0n) is 22.2. The summed E-state index contributed by atoms with van der Waals surface area (Å²) in [5, 5.41) is 20.0. The van der Waals surface area contributed by atoms with Crippen molar-refractivity contribution >= 4 is 11.9 Å². The van der Waals surface area contributed by atoms with E-state index in [-0.39, 0.29) is 24.9 Å². The van der Waals surface area contributed by atoms with E-state index in [9.17, 15) is 53.8 Å². The minimum Gasteiger partial charge on any atom is -0.475 e. The normalized spacial score (nSPS) is 23.1. The number of hydrogen-bond donors (Lipinski definition) is 3. The van der Waals surface area contributed by atoms with E-state index >= 15 is 0 Å². The first-order valence-corrected chi connectivity index (χ1v) is 12.6. The number of benzene rings is 2. The van der Waals surface area contributed by atoms with E-state index in [0.29, 0.717) is 42.8 Å². The lowest BCUT2D eigenvalue weighted by atomic mass is 9.71. The zero-order chi connectivity index (χ0) is 32.6. The summed E-state index contributed by atoms with van der Waals surface area (Å²) in [5.74, 6) is -4.04. The van der Waals surface area contributed by atoms with Crippen LogP contribution in [0.1, 0.15) is 36.0 Å². The average Bonchev–Trinajstić information content (AvgIpc) is 3.56. The van der Waals surface area contributed by atoms with Gasteiger partial charge in [-0.15, -0.1) is 0 Å². The molecule has 2 aliphatic heterocycles. The first-order chi connectivity index (χ1) is 19.6. The Kier molecular flexibility index (Phi) is 9.47. The van der Waals surface area contributed by atoms with Gasteiger partial charge in [-0.2, -0.15) is 39.5 Å². The molecule has 2 aliphatic rings. The van der Waals surface area contributed by atoms with Gasteiger partial charge in [-0.05, 0) is 36.2 Å². The molecule has 3 atom stereocenters. The molecule has 238 valence electrons. The number of carbonyl (C=O) groups is 2. The van der Waals surface area contributed by atoms with Crippen LogP contribution in [0, 0.1) is 11.7 Å². The summed E-state index contributed by atoms with van der Waals surface area (Å²) in [5.41, 5.74) is -6.08. The molecule has 16 heteroatoms. The Morgan fingerprint density at radius 3 is 1.84 bits per heavy atom. The van der Waals surface area contributed by atoms with Crippen LogP contribution in [-0.2, 0) is 20.6 Å². The maximum absolute atomic E-state index is 13.6. The Morgan fingerprint density at radius 1 is 0.907 bits per heavy atom. The number of nitrogens with one attached hydrogen (secondary N) is 1. The number of alkyl halides is 9. The maximum Gasteiger partial charge on any atom is 0.490 e. The standard InChI is InChI=1S/C25H25F7N2O2.C2HF3O2/c1-22(17-6-8-19(26)9-7-17)14-34(21(35)16-10-11-33-12-16)13-20(22)15-2-4-18(5-3-15)23(36,24(27,28)29)25(30,31)32;3-2(4,5)1(6)7/h2-9,16,20,33,36H,10-14H2,1H3;(H,6,7)/t16?,20-,22+;/m0./s1. The summed E-state index contributed by atoms with van der Waals surface area (Å²) >= 11 is 0. The van der Waals surface area contributed by atoms with Crippen LogP contribution in [0.15, 0.2) is 48.5 Å². The van der Waals surface area contributed by atoms with Gasteiger partial charge in [0, 0.05) is 36.5 Å². The van der Waals surface area contributed by atoms with E-state index in [0.717, 1.165) is 12.1 Å². The molecule has 0 saturated carbocycles. The molecule has 2 saturated heterocycles. The molecule has 2 fully saturated rings. The second-order valence-corrected chi connectivity index (χ2v) is 10.5. The van der Waals surface area contributed by atoms with Gasteiger partial charge in [0.25, 0.3) is 5.60 Å². The molecule has 0 spiro atoms. The largest absolute Gasteiger partial charge is 0.490 e. The van der Waals surface area contributed by atoms with E-state index in [1.165, 1.54) is 12.1 Å². The Balaban J connectivity index is 0.000000646. The fourth-order valence-electron chi connectivity index (χ4n) is 5.33. The van der Waals surface area contributed by atoms with Gasteiger partial charge in [-0.3, -0.25) is 4.79 Å². The van der Waals surface area contributed by atoms with Crippen LogP contribution in [0.4, 0.5) is 43.9 Å². The minimum atomic E-state index is -5.98. The summed E-state index contributed by atoms with van der Waals surface area (Å²) < 4.78 is 125. The summed E-state index contributed by atoms with van der Waals surface area (Å²) in [6.07, 6.45) is -16.4. The maximum atomic E-state index is 13.6. The highest BCUT2D eigenvalue weighted by atomic mass is 19.4. The van der Waals surface area contributed by atoms with Gasteiger partial charge in [0.2, 0.25) is 5.91 Å². The molecule has 0 aliphatic carbocycles. The summed E-state index contributed by atoms with van der Waals surface area (Å²) in [4.78, 5) is 23.7. The molecule has 2 heterocycles. The topological polar surface area (TPSA) is 89.9 Å². The third kappa shape index (κ3) is 6.89. The van der Waals surface area contributed by atoms with Crippen molar-refractivity contribution < 1.29 is 63.7 Å². The van der Waals surface area contributed by atoms with Gasteiger partial charge in [0.1, 0.15) is 5.82 Å². The highest BCUT2D eigenvalue weighted by Gasteiger charge is 2.71. The van der Waals surface area contributed by atoms with Gasteiger partial charge in [0.15, 0.2) is 0 Å². The monoisotopic (exact) mass is 632 g/mol. The summed E-state index contributed by atoms with van der Waals surface area (Å²) in [6.45, 7) is 3.49. The lowest BCUT2D eigenvalue weighted by molar-refractivity contribution is -0.376. The first-order valence-electron chi connectivity index (χ1n) is 12.6. The Morgan fingerprint density at radius 2 is 1.42 bits per heavy atom. The van der Waals surface area contributed by atoms with Gasteiger partial charge in [-0.25, -0.2) is 9.18 Å². The molecule has 2 aromatic rings. The Hall–Kier alpha value is -3.40. The number of halogens is 10. The molecule has 43 heavy (non-hydrogen) atoms. The van der Waals surface area contributed by atoms with Crippen LogP contribution in [0.2, 0.25) is 0 Å². The lowest BCUT2D eigenvalue weighted by Gasteiger charge is -2.34. The highest BCUT2D eigenvalue weighted by Crippen LogP contribution is 2.51. The fourth-order valence-corrected chi connectivity index (χ4v) is 5.33. The van der Waals surface area contributed by atoms with Crippen LogP contribution >= 0.6 is 0 Å². The highest BCUT2D eigenvalue weighted by molar-refractivity contribution is 5.80. The number of rotatable bonds is 4. The molecule has 6 nitrogen and oxygen atoms in total. The Labute approximate surface area is 238 Å². The van der Waals surface area contributed by atoms with Crippen molar-refractivity contribution in [2.75, 3.05) is 26.2 Å². The van der Waals surface area contributed by atoms with Gasteiger partial charge >= 0.3 is 24.5 Å². The third-order valence-electron chi connectivity index (χ3n) is 7.71. The molecule has 4 rings (SSSR count). The molecule has 0 radical (unpaired) electrons. The van der Waals surface area contributed by atoms with Crippen molar-refractivity contribution in [1.29, 1.82) is 0 Å². The fraction of sp³-hybridized carbons (Fsp3) is 0.481. The number of aliphatic hydroxyl groups is 1. The third-order valence-corrected chi connectivity index (χ3v) is 7.71.